The van der Waals surface area contributed by atoms with Gasteiger partial charge in [0.1, 0.15) is 0 Å². The lowest BCUT2D eigenvalue weighted by molar-refractivity contribution is -0.150. The second-order valence-corrected chi connectivity index (χ2v) is 6.26. The molecule has 0 spiro atoms. The molecule has 1 saturated heterocycles. The Morgan fingerprint density at radius 1 is 1.25 bits per heavy atom. The van der Waals surface area contributed by atoms with Crippen molar-refractivity contribution in [1.29, 1.82) is 0 Å². The van der Waals surface area contributed by atoms with Crippen molar-refractivity contribution in [3.8, 4) is 0 Å². The number of carbonyl (C=O) groups is 3. The molecular weight excluding hydrogens is 262 g/mol. The van der Waals surface area contributed by atoms with Crippen molar-refractivity contribution in [2.24, 2.45) is 23.2 Å². The van der Waals surface area contributed by atoms with Crippen LogP contribution in [0.1, 0.15) is 26.7 Å². The molecule has 1 saturated carbocycles. The van der Waals surface area contributed by atoms with E-state index in [9.17, 15) is 14.4 Å². The standard InChI is InChI=1S/C14H21NO5/c1-14(2)9(10(14)12(17)18)11(16)15-6-4-5-8(7-15)13(19)20-3/h8-10H,4-7H2,1-3H3,(H,17,18)/t8?,9-,10+/m1/s1. The summed E-state index contributed by atoms with van der Waals surface area (Å²) in [5.41, 5.74) is -0.499. The van der Waals surface area contributed by atoms with Crippen LogP contribution in [0.2, 0.25) is 0 Å². The number of hydrogen-bond donors (Lipinski definition) is 1. The van der Waals surface area contributed by atoms with Gasteiger partial charge in [0.25, 0.3) is 0 Å². The predicted molar refractivity (Wildman–Crippen MR) is 69.7 cm³/mol. The molecule has 0 aromatic rings. The second-order valence-electron chi connectivity index (χ2n) is 6.26. The molecule has 0 bridgehead atoms. The van der Waals surface area contributed by atoms with Gasteiger partial charge in [-0.2, -0.15) is 0 Å². The Balaban J connectivity index is 2.03. The molecule has 2 rings (SSSR count). The molecule has 1 amide bonds. The Kier molecular flexibility index (Phi) is 3.75. The first kappa shape index (κ1) is 14.8. The summed E-state index contributed by atoms with van der Waals surface area (Å²) in [5.74, 6) is -2.74. The van der Waals surface area contributed by atoms with Crippen molar-refractivity contribution >= 4 is 17.8 Å². The summed E-state index contributed by atoms with van der Waals surface area (Å²) < 4.78 is 4.72. The topological polar surface area (TPSA) is 83.9 Å². The van der Waals surface area contributed by atoms with Gasteiger partial charge < -0.3 is 14.7 Å². The van der Waals surface area contributed by atoms with Gasteiger partial charge in [0.2, 0.25) is 5.91 Å². The van der Waals surface area contributed by atoms with Crippen LogP contribution in [-0.4, -0.2) is 48.1 Å². The van der Waals surface area contributed by atoms with Gasteiger partial charge in [-0.3, -0.25) is 14.4 Å². The Hall–Kier alpha value is -1.59. The summed E-state index contributed by atoms with van der Waals surface area (Å²) in [6.07, 6.45) is 1.46. The van der Waals surface area contributed by atoms with E-state index in [0.717, 1.165) is 6.42 Å². The van der Waals surface area contributed by atoms with Gasteiger partial charge in [-0.05, 0) is 18.3 Å². The zero-order chi connectivity index (χ0) is 15.1. The van der Waals surface area contributed by atoms with Crippen molar-refractivity contribution in [3.05, 3.63) is 0 Å². The number of likely N-dealkylation sites (tertiary alicyclic amines) is 1. The molecule has 1 unspecified atom stereocenters. The first-order chi connectivity index (χ1) is 9.30. The Bertz CT molecular complexity index is 445. The van der Waals surface area contributed by atoms with Gasteiger partial charge in [-0.1, -0.05) is 13.8 Å². The van der Waals surface area contributed by atoms with Crippen molar-refractivity contribution in [3.63, 3.8) is 0 Å². The van der Waals surface area contributed by atoms with E-state index in [1.165, 1.54) is 7.11 Å². The van der Waals surface area contributed by atoms with Crippen molar-refractivity contribution < 1.29 is 24.2 Å². The average molecular weight is 283 g/mol. The zero-order valence-electron chi connectivity index (χ0n) is 12.1. The summed E-state index contributed by atoms with van der Waals surface area (Å²) in [7, 11) is 1.34. The number of amides is 1. The fourth-order valence-electron chi connectivity index (χ4n) is 3.29. The molecule has 6 nitrogen and oxygen atoms in total. The molecule has 1 N–H and O–H groups in total. The second kappa shape index (κ2) is 5.07. The van der Waals surface area contributed by atoms with Gasteiger partial charge in [0.05, 0.1) is 24.9 Å². The average Bonchev–Trinajstić information content (AvgIpc) is 3.00. The van der Waals surface area contributed by atoms with Crippen LogP contribution < -0.4 is 0 Å². The number of nitrogens with zero attached hydrogens (tertiary/aromatic N) is 1. The highest BCUT2D eigenvalue weighted by atomic mass is 16.5. The predicted octanol–water partition coefficient (Wildman–Crippen LogP) is 0.755. The lowest BCUT2D eigenvalue weighted by atomic mass is 9.97. The lowest BCUT2D eigenvalue weighted by Crippen LogP contribution is -2.44. The van der Waals surface area contributed by atoms with Gasteiger partial charge in [-0.25, -0.2) is 0 Å². The van der Waals surface area contributed by atoms with Gasteiger partial charge in [0.15, 0.2) is 0 Å². The Morgan fingerprint density at radius 2 is 1.90 bits per heavy atom. The van der Waals surface area contributed by atoms with E-state index in [1.807, 2.05) is 0 Å². The van der Waals surface area contributed by atoms with Crippen LogP contribution in [0.25, 0.3) is 0 Å². The molecule has 2 aliphatic rings. The summed E-state index contributed by atoms with van der Waals surface area (Å²) in [6, 6.07) is 0. The van der Waals surface area contributed by atoms with E-state index in [4.69, 9.17) is 9.84 Å². The van der Waals surface area contributed by atoms with Crippen LogP contribution in [0.15, 0.2) is 0 Å². The normalized spacial score (nSPS) is 31.6. The molecule has 1 aliphatic carbocycles. The number of carbonyl (C=O) groups excluding carboxylic acids is 2. The first-order valence-corrected chi connectivity index (χ1v) is 6.90. The minimum Gasteiger partial charge on any atom is -0.481 e. The fourth-order valence-corrected chi connectivity index (χ4v) is 3.29. The highest BCUT2D eigenvalue weighted by Crippen LogP contribution is 2.59. The third-order valence-corrected chi connectivity index (χ3v) is 4.63. The molecule has 3 atom stereocenters. The number of piperidine rings is 1. The summed E-state index contributed by atoms with van der Waals surface area (Å²) in [6.45, 7) is 4.53. The summed E-state index contributed by atoms with van der Waals surface area (Å²) >= 11 is 0. The van der Waals surface area contributed by atoms with Crippen LogP contribution >= 0.6 is 0 Å². The molecular formula is C14H21NO5. The van der Waals surface area contributed by atoms with Crippen molar-refractivity contribution in [2.45, 2.75) is 26.7 Å². The molecule has 1 heterocycles. The van der Waals surface area contributed by atoms with Crippen LogP contribution in [0, 0.1) is 23.2 Å². The van der Waals surface area contributed by atoms with Crippen molar-refractivity contribution in [1.82, 2.24) is 4.90 Å². The molecule has 0 radical (unpaired) electrons. The first-order valence-electron chi connectivity index (χ1n) is 6.90. The van der Waals surface area contributed by atoms with Crippen molar-refractivity contribution in [2.75, 3.05) is 20.2 Å². The van der Waals surface area contributed by atoms with E-state index in [0.29, 0.717) is 19.5 Å². The van der Waals surface area contributed by atoms with Crippen LogP contribution in [0.5, 0.6) is 0 Å². The largest absolute Gasteiger partial charge is 0.481 e. The number of esters is 1. The maximum Gasteiger partial charge on any atom is 0.310 e. The molecule has 0 aromatic heterocycles. The Labute approximate surface area is 118 Å². The highest BCUT2D eigenvalue weighted by Gasteiger charge is 2.66. The Morgan fingerprint density at radius 3 is 2.40 bits per heavy atom. The van der Waals surface area contributed by atoms with Crippen LogP contribution in [-0.2, 0) is 19.1 Å². The molecule has 0 aromatic carbocycles. The fraction of sp³-hybridized carbons (Fsp3) is 0.786. The molecule has 1 aliphatic heterocycles. The lowest BCUT2D eigenvalue weighted by Gasteiger charge is -2.31. The van der Waals surface area contributed by atoms with Gasteiger partial charge in [0, 0.05) is 13.1 Å². The maximum atomic E-state index is 12.5. The number of methoxy groups -OCH3 is 1. The number of ether oxygens (including phenoxy) is 1. The smallest absolute Gasteiger partial charge is 0.310 e. The van der Waals surface area contributed by atoms with Gasteiger partial charge in [-0.15, -0.1) is 0 Å². The SMILES string of the molecule is COC(=O)C1CCCN(C(=O)[C@H]2[C@@H](C(=O)O)C2(C)C)C1. The molecule has 6 heteroatoms. The maximum absolute atomic E-state index is 12.5. The minimum absolute atomic E-state index is 0.143. The molecule has 112 valence electrons. The third-order valence-electron chi connectivity index (χ3n) is 4.63. The quantitative estimate of drug-likeness (QED) is 0.773. The number of rotatable bonds is 3. The number of carboxylic acid groups (broad SMARTS) is 1. The van der Waals surface area contributed by atoms with Crippen LogP contribution in [0.4, 0.5) is 0 Å². The number of carboxylic acids is 1. The van der Waals surface area contributed by atoms with Crippen LogP contribution in [0.3, 0.4) is 0 Å². The van der Waals surface area contributed by atoms with E-state index in [2.05, 4.69) is 0 Å². The summed E-state index contributed by atoms with van der Waals surface area (Å²) in [5, 5.41) is 9.14. The molecule has 20 heavy (non-hydrogen) atoms. The van der Waals surface area contributed by atoms with E-state index < -0.39 is 23.2 Å². The van der Waals surface area contributed by atoms with E-state index in [1.54, 1.807) is 18.7 Å². The highest BCUT2D eigenvalue weighted by molar-refractivity contribution is 5.92. The van der Waals surface area contributed by atoms with E-state index >= 15 is 0 Å². The summed E-state index contributed by atoms with van der Waals surface area (Å²) in [4.78, 5) is 36.8. The monoisotopic (exact) mass is 283 g/mol. The zero-order valence-corrected chi connectivity index (χ0v) is 12.1. The number of aliphatic carboxylic acids is 1. The molecule has 2 fully saturated rings. The minimum atomic E-state index is -0.921. The van der Waals surface area contributed by atoms with Gasteiger partial charge >= 0.3 is 11.9 Å². The number of hydrogen-bond acceptors (Lipinski definition) is 4. The third kappa shape index (κ3) is 2.39. The van der Waals surface area contributed by atoms with E-state index in [-0.39, 0.29) is 17.8 Å².